The molecule has 0 bridgehead atoms. The molecule has 1 aliphatic heterocycles. The molecule has 28 heavy (non-hydrogen) atoms. The van der Waals surface area contributed by atoms with Crippen molar-refractivity contribution >= 4 is 49.1 Å². The van der Waals surface area contributed by atoms with Gasteiger partial charge in [-0.1, -0.05) is 28.1 Å². The molecule has 2 aromatic rings. The molecule has 1 heterocycles. The first-order valence-corrected chi connectivity index (χ1v) is 11.7. The Morgan fingerprint density at radius 2 is 1.89 bits per heavy atom. The summed E-state index contributed by atoms with van der Waals surface area (Å²) < 4.78 is 62.3. The first-order valence-electron chi connectivity index (χ1n) is 8.19. The summed E-state index contributed by atoms with van der Waals surface area (Å²) in [4.78, 5) is 13.2. The molecule has 1 unspecified atom stereocenters. The molecule has 1 atom stereocenters. The fourth-order valence-corrected chi connectivity index (χ4v) is 6.91. The van der Waals surface area contributed by atoms with E-state index in [2.05, 4.69) is 21.2 Å². The van der Waals surface area contributed by atoms with Gasteiger partial charge in [-0.2, -0.15) is 13.2 Å². The summed E-state index contributed by atoms with van der Waals surface area (Å²) in [5.74, 6) is -0.382. The lowest BCUT2D eigenvalue weighted by atomic mass is 10.1. The van der Waals surface area contributed by atoms with Crippen LogP contribution >= 0.6 is 27.7 Å². The third-order valence-electron chi connectivity index (χ3n) is 4.15. The Balaban J connectivity index is 1.80. The molecule has 1 N–H and O–H groups in total. The number of anilines is 1. The lowest BCUT2D eigenvalue weighted by molar-refractivity contribution is -0.138. The van der Waals surface area contributed by atoms with Gasteiger partial charge in [0.05, 0.1) is 22.6 Å². The molecule has 0 aliphatic carbocycles. The topological polar surface area (TPSA) is 63.2 Å². The molecule has 4 nitrogen and oxygen atoms in total. The summed E-state index contributed by atoms with van der Waals surface area (Å²) in [5.41, 5.74) is -0.582. The molecule has 1 saturated heterocycles. The van der Waals surface area contributed by atoms with Gasteiger partial charge in [0.25, 0.3) is 5.91 Å². The quantitative estimate of drug-likeness (QED) is 0.650. The van der Waals surface area contributed by atoms with Gasteiger partial charge in [-0.05, 0) is 36.8 Å². The average molecular weight is 494 g/mol. The van der Waals surface area contributed by atoms with Gasteiger partial charge in [-0.15, -0.1) is 11.8 Å². The van der Waals surface area contributed by atoms with Crippen LogP contribution in [0.4, 0.5) is 18.9 Å². The fraction of sp³-hybridized carbons (Fsp3) is 0.278. The second-order valence-electron chi connectivity index (χ2n) is 6.29. The van der Waals surface area contributed by atoms with Crippen LogP contribution in [0.2, 0.25) is 0 Å². The molecule has 0 radical (unpaired) electrons. The molecule has 1 amide bonds. The zero-order chi connectivity index (χ0) is 20.5. The Kier molecular flexibility index (Phi) is 6.11. The number of thioether (sulfide) groups is 1. The van der Waals surface area contributed by atoms with Crippen molar-refractivity contribution in [2.75, 3.05) is 16.8 Å². The summed E-state index contributed by atoms with van der Waals surface area (Å²) in [7, 11) is -3.05. The van der Waals surface area contributed by atoms with Gasteiger partial charge in [-0.25, -0.2) is 8.42 Å². The molecule has 0 spiro atoms. The minimum Gasteiger partial charge on any atom is -0.322 e. The molecular formula is C18H15BrF3NO3S2. The van der Waals surface area contributed by atoms with Gasteiger partial charge in [0, 0.05) is 20.3 Å². The van der Waals surface area contributed by atoms with E-state index in [1.165, 1.54) is 23.9 Å². The van der Waals surface area contributed by atoms with Gasteiger partial charge in [0.1, 0.15) is 0 Å². The maximum absolute atomic E-state index is 13.0. The molecule has 1 fully saturated rings. The Labute approximate surface area is 172 Å². The zero-order valence-electron chi connectivity index (χ0n) is 14.3. The van der Waals surface area contributed by atoms with Crippen LogP contribution in [0, 0.1) is 0 Å². The predicted molar refractivity (Wildman–Crippen MR) is 106 cm³/mol. The number of benzene rings is 2. The number of hydrogen-bond donors (Lipinski definition) is 1. The lowest BCUT2D eigenvalue weighted by Gasteiger charge is -2.14. The number of sulfone groups is 1. The summed E-state index contributed by atoms with van der Waals surface area (Å²) in [6.45, 7) is 0. The SMILES string of the molecule is O=C(Nc1ccc(Br)c(C(F)(F)F)c1)c1ccccc1SC1CCS(=O)(=O)C1. The summed E-state index contributed by atoms with van der Waals surface area (Å²) in [6.07, 6.45) is -4.05. The molecule has 3 rings (SSSR count). The Bertz CT molecular complexity index is 1010. The van der Waals surface area contributed by atoms with Gasteiger partial charge in [0.2, 0.25) is 0 Å². The van der Waals surface area contributed by atoms with E-state index in [1.54, 1.807) is 24.3 Å². The van der Waals surface area contributed by atoms with Crippen molar-refractivity contribution in [3.05, 3.63) is 58.1 Å². The maximum atomic E-state index is 13.0. The number of alkyl halides is 3. The van der Waals surface area contributed by atoms with Crippen molar-refractivity contribution in [1.29, 1.82) is 0 Å². The summed E-state index contributed by atoms with van der Waals surface area (Å²) in [5, 5.41) is 2.34. The van der Waals surface area contributed by atoms with E-state index in [0.717, 1.165) is 6.07 Å². The summed E-state index contributed by atoms with van der Waals surface area (Å²) in [6, 6.07) is 10.1. The predicted octanol–water partition coefficient (Wildman–Crippen LogP) is 5.00. The van der Waals surface area contributed by atoms with Crippen LogP contribution < -0.4 is 5.32 Å². The Morgan fingerprint density at radius 3 is 2.54 bits per heavy atom. The van der Waals surface area contributed by atoms with Crippen molar-refractivity contribution in [3.8, 4) is 0 Å². The first-order chi connectivity index (χ1) is 13.0. The lowest BCUT2D eigenvalue weighted by Crippen LogP contribution is -2.15. The number of halogens is 4. The molecule has 10 heteroatoms. The molecule has 2 aromatic carbocycles. The average Bonchev–Trinajstić information content (AvgIpc) is 2.94. The van der Waals surface area contributed by atoms with Crippen LogP contribution in [0.1, 0.15) is 22.3 Å². The van der Waals surface area contributed by atoms with E-state index >= 15 is 0 Å². The second kappa shape index (κ2) is 8.08. The number of hydrogen-bond acceptors (Lipinski definition) is 4. The van der Waals surface area contributed by atoms with Crippen molar-refractivity contribution in [2.24, 2.45) is 0 Å². The van der Waals surface area contributed by atoms with E-state index in [1.807, 2.05) is 0 Å². The maximum Gasteiger partial charge on any atom is 0.417 e. The highest BCUT2D eigenvalue weighted by atomic mass is 79.9. The van der Waals surface area contributed by atoms with Crippen molar-refractivity contribution in [3.63, 3.8) is 0 Å². The minimum atomic E-state index is -4.55. The molecule has 0 saturated carbocycles. The summed E-state index contributed by atoms with van der Waals surface area (Å²) >= 11 is 4.16. The molecule has 0 aromatic heterocycles. The first kappa shape index (κ1) is 21.2. The standard InChI is InChI=1S/C18H15BrF3NO3S2/c19-15-6-5-11(9-14(15)18(20,21)22)23-17(24)13-3-1-2-4-16(13)27-12-7-8-28(25,26)10-12/h1-6,9,12H,7-8,10H2,(H,23,24). The van der Waals surface area contributed by atoms with Gasteiger partial charge < -0.3 is 5.32 Å². The van der Waals surface area contributed by atoms with E-state index in [9.17, 15) is 26.4 Å². The van der Waals surface area contributed by atoms with E-state index in [4.69, 9.17) is 0 Å². The number of carbonyl (C=O) groups is 1. The largest absolute Gasteiger partial charge is 0.417 e. The van der Waals surface area contributed by atoms with Gasteiger partial charge in [-0.3, -0.25) is 4.79 Å². The van der Waals surface area contributed by atoms with Crippen LogP contribution in [0.5, 0.6) is 0 Å². The van der Waals surface area contributed by atoms with E-state index in [-0.39, 0.29) is 32.5 Å². The van der Waals surface area contributed by atoms with Crippen LogP contribution in [-0.2, 0) is 16.0 Å². The van der Waals surface area contributed by atoms with Crippen molar-refractivity contribution in [1.82, 2.24) is 0 Å². The van der Waals surface area contributed by atoms with Crippen molar-refractivity contribution in [2.45, 2.75) is 22.7 Å². The van der Waals surface area contributed by atoms with Crippen LogP contribution in [0.25, 0.3) is 0 Å². The molecule has 150 valence electrons. The highest BCUT2D eigenvalue weighted by molar-refractivity contribution is 9.10. The third kappa shape index (κ3) is 5.09. The smallest absolute Gasteiger partial charge is 0.322 e. The highest BCUT2D eigenvalue weighted by Gasteiger charge is 2.33. The number of amides is 1. The van der Waals surface area contributed by atoms with Gasteiger partial charge >= 0.3 is 6.18 Å². The fourth-order valence-electron chi connectivity index (χ4n) is 2.81. The van der Waals surface area contributed by atoms with E-state index in [0.29, 0.717) is 11.3 Å². The van der Waals surface area contributed by atoms with Gasteiger partial charge in [0.15, 0.2) is 9.84 Å². The normalized spacial score (nSPS) is 18.8. The van der Waals surface area contributed by atoms with Crippen LogP contribution in [0.15, 0.2) is 51.8 Å². The number of carbonyl (C=O) groups excluding carboxylic acids is 1. The Hall–Kier alpha value is -1.52. The zero-order valence-corrected chi connectivity index (χ0v) is 17.5. The van der Waals surface area contributed by atoms with Crippen LogP contribution in [-0.4, -0.2) is 31.1 Å². The number of nitrogens with one attached hydrogen (secondary N) is 1. The highest BCUT2D eigenvalue weighted by Crippen LogP contribution is 2.37. The third-order valence-corrected chi connectivity index (χ3v) is 8.16. The van der Waals surface area contributed by atoms with Crippen molar-refractivity contribution < 1.29 is 26.4 Å². The Morgan fingerprint density at radius 1 is 1.18 bits per heavy atom. The molecule has 1 aliphatic rings. The monoisotopic (exact) mass is 493 g/mol. The molecular weight excluding hydrogens is 479 g/mol. The van der Waals surface area contributed by atoms with E-state index < -0.39 is 27.5 Å². The second-order valence-corrected chi connectivity index (χ2v) is 10.7. The minimum absolute atomic E-state index is 0.0174. The number of rotatable bonds is 4. The van der Waals surface area contributed by atoms with Crippen LogP contribution in [0.3, 0.4) is 0 Å².